The zero-order valence-corrected chi connectivity index (χ0v) is 12.7. The number of halogens is 1. The number of piperidine rings is 1. The number of aromatic nitrogens is 4. The van der Waals surface area contributed by atoms with Crippen molar-refractivity contribution < 1.29 is 4.39 Å². The van der Waals surface area contributed by atoms with Gasteiger partial charge in [-0.1, -0.05) is 0 Å². The van der Waals surface area contributed by atoms with E-state index in [1.54, 1.807) is 12.3 Å². The van der Waals surface area contributed by atoms with Gasteiger partial charge in [0.25, 0.3) is 0 Å². The molecule has 0 spiro atoms. The van der Waals surface area contributed by atoms with Crippen molar-refractivity contribution in [2.24, 2.45) is 0 Å². The van der Waals surface area contributed by atoms with E-state index in [1.807, 2.05) is 0 Å². The lowest BCUT2D eigenvalue weighted by Gasteiger charge is -2.32. The Balaban J connectivity index is 1.48. The second-order valence-electron chi connectivity index (χ2n) is 6.09. The van der Waals surface area contributed by atoms with Crippen molar-refractivity contribution in [3.8, 4) is 0 Å². The first-order valence-electron chi connectivity index (χ1n) is 7.91. The Morgan fingerprint density at radius 2 is 2.17 bits per heavy atom. The van der Waals surface area contributed by atoms with Crippen LogP contribution in [0.2, 0.25) is 0 Å². The Hall–Kier alpha value is -2.34. The Kier molecular flexibility index (Phi) is 3.75. The predicted molar refractivity (Wildman–Crippen MR) is 85.3 cm³/mol. The van der Waals surface area contributed by atoms with Crippen LogP contribution in [0.25, 0.3) is 11.0 Å². The van der Waals surface area contributed by atoms with Gasteiger partial charge >= 0.3 is 0 Å². The van der Waals surface area contributed by atoms with Crippen molar-refractivity contribution in [3.63, 3.8) is 0 Å². The summed E-state index contributed by atoms with van der Waals surface area (Å²) in [4.78, 5) is 11.2. The number of hydrogen-bond donors (Lipinski definition) is 1. The number of nitrogens with zero attached hydrogens (tertiary/aromatic N) is 4. The number of H-pyrrole nitrogens is 1. The quantitative estimate of drug-likeness (QED) is 0.808. The van der Waals surface area contributed by atoms with Crippen LogP contribution in [0.3, 0.4) is 0 Å². The number of rotatable bonds is 3. The van der Waals surface area contributed by atoms with E-state index in [0.29, 0.717) is 5.92 Å². The van der Waals surface area contributed by atoms with E-state index in [-0.39, 0.29) is 5.82 Å². The second-order valence-corrected chi connectivity index (χ2v) is 6.09. The van der Waals surface area contributed by atoms with E-state index in [4.69, 9.17) is 4.98 Å². The van der Waals surface area contributed by atoms with Gasteiger partial charge in [-0.15, -0.1) is 0 Å². The lowest BCUT2D eigenvalue weighted by molar-refractivity contribution is 0.196. The minimum atomic E-state index is -0.290. The van der Waals surface area contributed by atoms with Crippen LogP contribution in [0.15, 0.2) is 36.7 Å². The SMILES string of the molecule is Fc1ccc(CN2CCCC(c3ccc4cn[nH]c4n3)C2)nc1. The van der Waals surface area contributed by atoms with Crippen LogP contribution >= 0.6 is 0 Å². The Morgan fingerprint density at radius 3 is 3.04 bits per heavy atom. The minimum absolute atomic E-state index is 0.290. The van der Waals surface area contributed by atoms with Gasteiger partial charge in [0, 0.05) is 30.1 Å². The molecule has 0 aromatic carbocycles. The van der Waals surface area contributed by atoms with E-state index in [2.05, 4.69) is 32.2 Å². The van der Waals surface area contributed by atoms with E-state index in [9.17, 15) is 4.39 Å². The molecule has 1 atom stereocenters. The predicted octanol–water partition coefficient (Wildman–Crippen LogP) is 2.87. The first-order chi connectivity index (χ1) is 11.3. The third kappa shape index (κ3) is 3.07. The molecule has 5 nitrogen and oxygen atoms in total. The van der Waals surface area contributed by atoms with Gasteiger partial charge in [-0.25, -0.2) is 9.37 Å². The summed E-state index contributed by atoms with van der Waals surface area (Å²) in [5.74, 6) is 0.124. The van der Waals surface area contributed by atoms with E-state index in [1.165, 1.54) is 12.3 Å². The molecular formula is C17H18FN5. The summed E-state index contributed by atoms with van der Waals surface area (Å²) in [7, 11) is 0. The third-order valence-electron chi connectivity index (χ3n) is 4.42. The molecule has 1 fully saturated rings. The molecule has 4 heterocycles. The highest BCUT2D eigenvalue weighted by Gasteiger charge is 2.23. The summed E-state index contributed by atoms with van der Waals surface area (Å²) in [6, 6.07) is 7.40. The van der Waals surface area contributed by atoms with Gasteiger partial charge < -0.3 is 0 Å². The maximum atomic E-state index is 13.0. The van der Waals surface area contributed by atoms with Crippen LogP contribution in [0.4, 0.5) is 4.39 Å². The third-order valence-corrected chi connectivity index (χ3v) is 4.42. The van der Waals surface area contributed by atoms with Gasteiger partial charge in [-0.2, -0.15) is 5.10 Å². The molecule has 0 bridgehead atoms. The lowest BCUT2D eigenvalue weighted by atomic mass is 9.94. The van der Waals surface area contributed by atoms with Gasteiger partial charge in [0.1, 0.15) is 5.82 Å². The van der Waals surface area contributed by atoms with Crippen molar-refractivity contribution in [1.82, 2.24) is 25.1 Å². The highest BCUT2D eigenvalue weighted by Crippen LogP contribution is 2.27. The maximum Gasteiger partial charge on any atom is 0.155 e. The fraction of sp³-hybridized carbons (Fsp3) is 0.353. The van der Waals surface area contributed by atoms with E-state index >= 15 is 0 Å². The smallest absolute Gasteiger partial charge is 0.155 e. The zero-order chi connectivity index (χ0) is 15.6. The van der Waals surface area contributed by atoms with Crippen molar-refractivity contribution in [1.29, 1.82) is 0 Å². The molecule has 1 saturated heterocycles. The van der Waals surface area contributed by atoms with Crippen molar-refractivity contribution in [2.75, 3.05) is 13.1 Å². The average Bonchev–Trinajstić information content (AvgIpc) is 3.05. The Morgan fingerprint density at radius 1 is 1.22 bits per heavy atom. The summed E-state index contributed by atoms with van der Waals surface area (Å²) < 4.78 is 13.0. The summed E-state index contributed by atoms with van der Waals surface area (Å²) in [6.45, 7) is 2.75. The molecule has 0 aliphatic carbocycles. The van der Waals surface area contributed by atoms with Crippen molar-refractivity contribution in [3.05, 3.63) is 53.9 Å². The van der Waals surface area contributed by atoms with Gasteiger partial charge in [0.2, 0.25) is 0 Å². The first kappa shape index (κ1) is 14.3. The monoisotopic (exact) mass is 311 g/mol. The number of likely N-dealkylation sites (tertiary alicyclic amines) is 1. The zero-order valence-electron chi connectivity index (χ0n) is 12.7. The van der Waals surface area contributed by atoms with Crippen molar-refractivity contribution >= 4 is 11.0 Å². The Labute approximate surface area is 133 Å². The van der Waals surface area contributed by atoms with Crippen LogP contribution in [-0.2, 0) is 6.54 Å². The van der Waals surface area contributed by atoms with E-state index < -0.39 is 0 Å². The number of fused-ring (bicyclic) bond motifs is 1. The molecule has 4 rings (SSSR count). The van der Waals surface area contributed by atoms with Crippen LogP contribution in [0, 0.1) is 5.82 Å². The van der Waals surface area contributed by atoms with Gasteiger partial charge in [0.05, 0.1) is 18.1 Å². The molecule has 1 aliphatic heterocycles. The molecule has 0 amide bonds. The second kappa shape index (κ2) is 6.04. The molecule has 3 aromatic heterocycles. The molecule has 1 N–H and O–H groups in total. The minimum Gasteiger partial charge on any atom is -0.297 e. The highest BCUT2D eigenvalue weighted by atomic mass is 19.1. The average molecular weight is 311 g/mol. The number of hydrogen-bond acceptors (Lipinski definition) is 4. The molecule has 23 heavy (non-hydrogen) atoms. The molecule has 118 valence electrons. The largest absolute Gasteiger partial charge is 0.297 e. The fourth-order valence-electron chi connectivity index (χ4n) is 3.24. The molecule has 0 saturated carbocycles. The molecule has 1 unspecified atom stereocenters. The number of aromatic amines is 1. The van der Waals surface area contributed by atoms with Crippen LogP contribution in [0.1, 0.15) is 30.1 Å². The summed E-state index contributed by atoms with van der Waals surface area (Å²) in [5.41, 5.74) is 2.86. The molecule has 6 heteroatoms. The van der Waals surface area contributed by atoms with Crippen molar-refractivity contribution in [2.45, 2.75) is 25.3 Å². The Bertz CT molecular complexity index is 798. The maximum absolute atomic E-state index is 13.0. The molecular weight excluding hydrogens is 293 g/mol. The molecule has 3 aromatic rings. The number of pyridine rings is 2. The van der Waals surface area contributed by atoms with E-state index in [0.717, 1.165) is 54.9 Å². The van der Waals surface area contributed by atoms with Crippen LogP contribution < -0.4 is 0 Å². The standard InChI is InChI=1S/C17H18FN5/c18-14-4-5-15(19-9-14)11-23-7-1-2-13(10-23)16-6-3-12-8-20-22-17(12)21-16/h3-6,8-9,13H,1-2,7,10-11H2,(H,20,21,22). The summed E-state index contributed by atoms with van der Waals surface area (Å²) in [5, 5.41) is 8.00. The molecule has 1 aliphatic rings. The summed E-state index contributed by atoms with van der Waals surface area (Å²) >= 11 is 0. The van der Waals surface area contributed by atoms with Gasteiger partial charge in [0.15, 0.2) is 5.65 Å². The summed E-state index contributed by atoms with van der Waals surface area (Å²) in [6.07, 6.45) is 5.35. The number of nitrogens with one attached hydrogen (secondary N) is 1. The van der Waals surface area contributed by atoms with Gasteiger partial charge in [-0.3, -0.25) is 15.0 Å². The normalized spacial score (nSPS) is 19.3. The van der Waals surface area contributed by atoms with Crippen LogP contribution in [0.5, 0.6) is 0 Å². The topological polar surface area (TPSA) is 57.7 Å². The lowest BCUT2D eigenvalue weighted by Crippen LogP contribution is -2.34. The van der Waals surface area contributed by atoms with Gasteiger partial charge in [-0.05, 0) is 43.7 Å². The molecule has 0 radical (unpaired) electrons. The fourth-order valence-corrected chi connectivity index (χ4v) is 3.24. The van der Waals surface area contributed by atoms with Crippen LogP contribution in [-0.4, -0.2) is 38.2 Å². The highest BCUT2D eigenvalue weighted by molar-refractivity contribution is 5.73. The first-order valence-corrected chi connectivity index (χ1v) is 7.91.